The van der Waals surface area contributed by atoms with Crippen molar-refractivity contribution in [3.63, 3.8) is 0 Å². The number of fused-ring (bicyclic) bond motifs is 2. The highest BCUT2D eigenvalue weighted by Crippen LogP contribution is 2.36. The van der Waals surface area contributed by atoms with E-state index in [1.165, 1.54) is 16.9 Å². The molecule has 0 radical (unpaired) electrons. The molecule has 7 nitrogen and oxygen atoms in total. The number of nitrogens with zero attached hydrogens (tertiary/aromatic N) is 2. The van der Waals surface area contributed by atoms with Crippen LogP contribution in [0.3, 0.4) is 0 Å². The van der Waals surface area contributed by atoms with Gasteiger partial charge in [0.1, 0.15) is 5.75 Å². The van der Waals surface area contributed by atoms with E-state index in [9.17, 15) is 13.2 Å². The number of hydrogen-bond acceptors (Lipinski definition) is 6. The lowest BCUT2D eigenvalue weighted by Crippen LogP contribution is -2.35. The number of rotatable bonds is 4. The van der Waals surface area contributed by atoms with Gasteiger partial charge in [-0.25, -0.2) is 13.4 Å². The van der Waals surface area contributed by atoms with Crippen LogP contribution in [-0.2, 0) is 27.7 Å². The zero-order chi connectivity index (χ0) is 21.6. The van der Waals surface area contributed by atoms with E-state index in [0.29, 0.717) is 22.3 Å². The minimum absolute atomic E-state index is 0.0220. The second-order valence-electron chi connectivity index (χ2n) is 7.70. The summed E-state index contributed by atoms with van der Waals surface area (Å²) in [6, 6.07) is 10.8. The fraction of sp³-hybridized carbons (Fsp3) is 0.273. The van der Waals surface area contributed by atoms with Gasteiger partial charge in [0.15, 0.2) is 11.7 Å². The molecular weight excluding hydrogens is 434 g/mol. The van der Waals surface area contributed by atoms with E-state index in [2.05, 4.69) is 9.71 Å². The third kappa shape index (κ3) is 3.79. The minimum atomic E-state index is -3.72. The van der Waals surface area contributed by atoms with Crippen molar-refractivity contribution >= 4 is 38.1 Å². The molecule has 0 spiro atoms. The van der Waals surface area contributed by atoms with Crippen molar-refractivity contribution in [2.45, 2.75) is 30.6 Å². The zero-order valence-corrected chi connectivity index (χ0v) is 18.6. The Morgan fingerprint density at radius 2 is 1.90 bits per heavy atom. The first-order valence-electron chi connectivity index (χ1n) is 10.0. The molecule has 0 atom stereocenters. The van der Waals surface area contributed by atoms with Crippen molar-refractivity contribution in [3.8, 4) is 17.0 Å². The van der Waals surface area contributed by atoms with Crippen molar-refractivity contribution in [2.24, 2.45) is 0 Å². The highest BCUT2D eigenvalue weighted by atomic mass is 32.2. The molecule has 1 aromatic heterocycles. The molecule has 1 N–H and O–H groups in total. The number of ether oxygens (including phenoxy) is 1. The van der Waals surface area contributed by atoms with Crippen molar-refractivity contribution < 1.29 is 17.9 Å². The molecule has 160 valence electrons. The van der Waals surface area contributed by atoms with Gasteiger partial charge in [-0.15, -0.1) is 11.3 Å². The Balaban J connectivity index is 1.39. The number of carbonyl (C=O) groups is 1. The number of likely N-dealkylation sites (N-methyl/N-ethyl adjacent to an activating group) is 1. The summed E-state index contributed by atoms with van der Waals surface area (Å²) >= 11 is 1.22. The first-order chi connectivity index (χ1) is 14.9. The summed E-state index contributed by atoms with van der Waals surface area (Å²) in [5, 5.41) is 2.09. The summed E-state index contributed by atoms with van der Waals surface area (Å²) in [6.07, 6.45) is 4.16. The molecule has 1 amide bonds. The van der Waals surface area contributed by atoms with Crippen LogP contribution in [0.1, 0.15) is 24.0 Å². The fourth-order valence-electron chi connectivity index (χ4n) is 3.94. The maximum Gasteiger partial charge on any atom is 0.264 e. The second kappa shape index (κ2) is 7.65. The van der Waals surface area contributed by atoms with Crippen molar-refractivity contribution in [1.82, 2.24) is 4.98 Å². The van der Waals surface area contributed by atoms with E-state index < -0.39 is 10.0 Å². The topological polar surface area (TPSA) is 88.6 Å². The number of nitrogens with one attached hydrogen (secondary N) is 1. The van der Waals surface area contributed by atoms with E-state index in [1.54, 1.807) is 35.5 Å². The Bertz CT molecular complexity index is 1280. The standard InChI is InChI=1S/C22H21N3O4S2/c1-25-19-11-16(7-9-20(19)29-12-21(25)26)18-13-30-22(23-18)24-31(27,28)17-8-6-14-4-2-3-5-15(14)10-17/h6-11,13H,2-5,12H2,1H3,(H,23,24). The molecule has 1 aliphatic heterocycles. The first kappa shape index (κ1) is 20.0. The molecule has 0 unspecified atom stereocenters. The number of aromatic nitrogens is 1. The summed E-state index contributed by atoms with van der Waals surface area (Å²) < 4.78 is 33.9. The largest absolute Gasteiger partial charge is 0.482 e. The smallest absolute Gasteiger partial charge is 0.264 e. The van der Waals surface area contributed by atoms with E-state index in [4.69, 9.17) is 4.74 Å². The quantitative estimate of drug-likeness (QED) is 0.646. The number of anilines is 2. The van der Waals surface area contributed by atoms with Gasteiger partial charge in [0.05, 0.1) is 16.3 Å². The molecule has 1 aliphatic carbocycles. The summed E-state index contributed by atoms with van der Waals surface area (Å²) in [7, 11) is -2.02. The summed E-state index contributed by atoms with van der Waals surface area (Å²) in [6.45, 7) is 0.0220. The lowest BCUT2D eigenvalue weighted by atomic mass is 9.92. The zero-order valence-electron chi connectivity index (χ0n) is 16.9. The van der Waals surface area contributed by atoms with Gasteiger partial charge in [-0.3, -0.25) is 9.52 Å². The summed E-state index contributed by atoms with van der Waals surface area (Å²) in [5.74, 6) is 0.510. The van der Waals surface area contributed by atoms with Gasteiger partial charge >= 0.3 is 0 Å². The van der Waals surface area contributed by atoms with Crippen LogP contribution in [0.4, 0.5) is 10.8 Å². The third-order valence-corrected chi connectivity index (χ3v) is 7.92. The molecule has 2 aromatic carbocycles. The number of carbonyl (C=O) groups excluding carboxylic acids is 1. The molecule has 2 aliphatic rings. The SMILES string of the molecule is CN1C(=O)COc2ccc(-c3csc(NS(=O)(=O)c4ccc5c(c4)CCCC5)n3)cc21. The fourth-order valence-corrected chi connectivity index (χ4v) is 5.96. The summed E-state index contributed by atoms with van der Waals surface area (Å²) in [5.41, 5.74) is 4.42. The van der Waals surface area contributed by atoms with Gasteiger partial charge in [-0.1, -0.05) is 6.07 Å². The monoisotopic (exact) mass is 455 g/mol. The van der Waals surface area contributed by atoms with Crippen molar-refractivity contribution in [2.75, 3.05) is 23.3 Å². The Morgan fingerprint density at radius 3 is 2.74 bits per heavy atom. The lowest BCUT2D eigenvalue weighted by Gasteiger charge is -2.26. The van der Waals surface area contributed by atoms with Crippen LogP contribution in [-0.4, -0.2) is 33.0 Å². The lowest BCUT2D eigenvalue weighted by molar-refractivity contribution is -0.120. The molecule has 0 saturated carbocycles. The minimum Gasteiger partial charge on any atom is -0.482 e. The number of thiazole rings is 1. The van der Waals surface area contributed by atoms with Crippen molar-refractivity contribution in [1.29, 1.82) is 0 Å². The number of sulfonamides is 1. The molecule has 5 rings (SSSR count). The van der Waals surface area contributed by atoms with E-state index in [-0.39, 0.29) is 17.4 Å². The van der Waals surface area contributed by atoms with Crippen LogP contribution in [0.15, 0.2) is 46.7 Å². The van der Waals surface area contributed by atoms with E-state index >= 15 is 0 Å². The van der Waals surface area contributed by atoms with E-state index in [1.807, 2.05) is 18.2 Å². The van der Waals surface area contributed by atoms with Crippen LogP contribution in [0.5, 0.6) is 5.75 Å². The predicted octanol–water partition coefficient (Wildman–Crippen LogP) is 3.84. The van der Waals surface area contributed by atoms with Crippen LogP contribution >= 0.6 is 11.3 Å². The van der Waals surface area contributed by atoms with Gasteiger partial charge in [0, 0.05) is 18.0 Å². The van der Waals surface area contributed by atoms with Crippen LogP contribution in [0.25, 0.3) is 11.3 Å². The van der Waals surface area contributed by atoms with Gasteiger partial charge < -0.3 is 9.64 Å². The molecule has 3 aromatic rings. The van der Waals surface area contributed by atoms with Crippen molar-refractivity contribution in [3.05, 3.63) is 52.9 Å². The van der Waals surface area contributed by atoms with Crippen LogP contribution in [0.2, 0.25) is 0 Å². The van der Waals surface area contributed by atoms with Gasteiger partial charge in [-0.2, -0.15) is 0 Å². The Morgan fingerprint density at radius 1 is 1.10 bits per heavy atom. The number of benzene rings is 2. The van der Waals surface area contributed by atoms with E-state index in [0.717, 1.165) is 36.8 Å². The molecular formula is C22H21N3O4S2. The van der Waals surface area contributed by atoms with Gasteiger partial charge in [-0.05, 0) is 67.1 Å². The van der Waals surface area contributed by atoms with Gasteiger partial charge in [0.2, 0.25) is 0 Å². The summed E-state index contributed by atoms with van der Waals surface area (Å²) in [4.78, 5) is 18.2. The Kier molecular flexibility index (Phi) is 4.94. The number of aryl methyl sites for hydroxylation is 2. The molecule has 0 fully saturated rings. The number of amides is 1. The van der Waals surface area contributed by atoms with Gasteiger partial charge in [0.25, 0.3) is 15.9 Å². The average Bonchev–Trinajstić information content (AvgIpc) is 3.23. The molecule has 0 bridgehead atoms. The second-order valence-corrected chi connectivity index (χ2v) is 10.2. The molecule has 2 heterocycles. The maximum absolute atomic E-state index is 12.9. The third-order valence-electron chi connectivity index (χ3n) is 5.70. The van der Waals surface area contributed by atoms with Crippen LogP contribution in [0, 0.1) is 0 Å². The predicted molar refractivity (Wildman–Crippen MR) is 120 cm³/mol. The van der Waals surface area contributed by atoms with Crippen LogP contribution < -0.4 is 14.4 Å². The maximum atomic E-state index is 12.9. The Hall–Kier alpha value is -2.91. The highest BCUT2D eigenvalue weighted by Gasteiger charge is 2.23. The highest BCUT2D eigenvalue weighted by molar-refractivity contribution is 7.93. The molecule has 31 heavy (non-hydrogen) atoms. The Labute approximate surface area is 184 Å². The normalized spacial score (nSPS) is 15.8. The molecule has 0 saturated heterocycles. The number of hydrogen-bond donors (Lipinski definition) is 1. The molecule has 9 heteroatoms. The average molecular weight is 456 g/mol. The first-order valence-corrected chi connectivity index (χ1v) is 12.4.